The van der Waals surface area contributed by atoms with Gasteiger partial charge in [-0.1, -0.05) is 223 Å². The van der Waals surface area contributed by atoms with Gasteiger partial charge in [-0.2, -0.15) is 11.3 Å². The Kier molecular flexibility index (Phi) is 44.6. The maximum atomic E-state index is 12.8. The summed E-state index contributed by atoms with van der Waals surface area (Å²) in [5, 5.41) is 64.4. The fourth-order valence-corrected chi connectivity index (χ4v) is 19.1. The summed E-state index contributed by atoms with van der Waals surface area (Å²) in [4.78, 5) is 33.6. The molecule has 20 heteroatoms. The number of nitrogens with zero attached hydrogens (tertiary/aromatic N) is 4. The Bertz CT molecular complexity index is 6440. The molecule has 1 aliphatic carbocycles. The number of aromatic hydroxyl groups is 5. The maximum absolute atomic E-state index is 12.8. The lowest BCUT2D eigenvalue weighted by atomic mass is 9.77. The van der Waals surface area contributed by atoms with Crippen LogP contribution in [0.5, 0.6) is 46.0 Å². The molecule has 0 radical (unpaired) electrons. The van der Waals surface area contributed by atoms with Crippen LogP contribution >= 0.6 is 34.3 Å². The predicted octanol–water partition coefficient (Wildman–Crippen LogP) is 27.7. The van der Waals surface area contributed by atoms with Crippen molar-refractivity contribution in [3.8, 4) is 46.0 Å². The highest BCUT2D eigenvalue weighted by atomic mass is 35.5. The van der Waals surface area contributed by atoms with Gasteiger partial charge in [0.25, 0.3) is 5.56 Å². The van der Waals surface area contributed by atoms with Crippen LogP contribution in [0.3, 0.4) is 0 Å². The van der Waals surface area contributed by atoms with Crippen LogP contribution in [0.2, 0.25) is 4.34 Å². The Labute approximate surface area is 859 Å². The van der Waals surface area contributed by atoms with E-state index in [1.807, 2.05) is 181 Å². The molecule has 4 aromatic heterocycles. The van der Waals surface area contributed by atoms with Gasteiger partial charge in [-0.25, -0.2) is 4.98 Å². The molecule has 0 amide bonds. The number of carbonyl (C=O) groups excluding carboxylic acids is 1. The van der Waals surface area contributed by atoms with E-state index in [1.54, 1.807) is 94.0 Å². The Morgan fingerprint density at radius 1 is 0.399 bits per heavy atom. The molecule has 10 aromatic carbocycles. The highest BCUT2D eigenvalue weighted by Gasteiger charge is 2.27. The topological polar surface area (TPSA) is 223 Å². The average Bonchev–Trinajstić information content (AvgIpc) is 1.64. The molecule has 1 fully saturated rings. The lowest BCUT2D eigenvalue weighted by Crippen LogP contribution is -2.27. The van der Waals surface area contributed by atoms with Gasteiger partial charge in [0.05, 0.1) is 10.9 Å². The van der Waals surface area contributed by atoms with E-state index in [1.165, 1.54) is 50.1 Å². The van der Waals surface area contributed by atoms with Crippen LogP contribution in [0, 0.1) is 5.92 Å². The van der Waals surface area contributed by atoms with Crippen LogP contribution in [-0.2, 0) is 11.3 Å². The third kappa shape index (κ3) is 32.7. The summed E-state index contributed by atoms with van der Waals surface area (Å²) in [5.74, 6) is 5.67. The summed E-state index contributed by atoms with van der Waals surface area (Å²) >= 11 is 9.46. The number of thiophene rings is 2. The summed E-state index contributed by atoms with van der Waals surface area (Å²) in [7, 11) is 11.9. The van der Waals surface area contributed by atoms with Crippen LogP contribution in [0.15, 0.2) is 330 Å². The number of phenolic OH excluding ortho intramolecular Hbond substituents is 5. The van der Waals surface area contributed by atoms with Crippen molar-refractivity contribution in [3.05, 3.63) is 418 Å². The molecular formula is C123H140ClN7O10S2. The second-order valence-corrected chi connectivity index (χ2v) is 37.5. The number of Topliss-reactive ketones (excluding diaryl/α,β-unsaturated/α-hetero) is 1. The number of aromatic nitrogens is 2. The van der Waals surface area contributed by atoms with Crippen LogP contribution in [0.4, 0.5) is 5.82 Å². The van der Waals surface area contributed by atoms with Gasteiger partial charge in [0.2, 0.25) is 0 Å². The molecule has 0 atom stereocenters. The molecular weight excluding hydrogens is 1830 g/mol. The number of halogens is 1. The quantitative estimate of drug-likeness (QED) is 0.0132. The van der Waals surface area contributed by atoms with Crippen LogP contribution in [0.25, 0.3) is 50.2 Å². The summed E-state index contributed by atoms with van der Waals surface area (Å²) < 4.78 is 19.9. The Morgan fingerprint density at radius 3 is 1.14 bits per heavy atom. The zero-order chi connectivity index (χ0) is 102. The van der Waals surface area contributed by atoms with E-state index in [0.29, 0.717) is 44.3 Å². The highest BCUT2D eigenvalue weighted by Crippen LogP contribution is 2.44. The summed E-state index contributed by atoms with van der Waals surface area (Å²) in [6.07, 6.45) is 14.6. The lowest BCUT2D eigenvalue weighted by molar-refractivity contribution is -0.120. The van der Waals surface area contributed by atoms with Crippen LogP contribution < -0.4 is 40.6 Å². The number of benzene rings is 10. The minimum Gasteiger partial charge on any atom is -0.508 e. The monoisotopic (exact) mass is 1970 g/mol. The van der Waals surface area contributed by atoms with Crippen molar-refractivity contribution in [1.82, 2.24) is 30.4 Å². The van der Waals surface area contributed by atoms with Crippen molar-refractivity contribution in [2.45, 2.75) is 125 Å². The molecule has 4 heterocycles. The van der Waals surface area contributed by atoms with Gasteiger partial charge in [-0.3, -0.25) is 9.59 Å². The smallest absolute Gasteiger partial charge is 0.251 e. The predicted molar refractivity (Wildman–Crippen MR) is 599 cm³/mol. The summed E-state index contributed by atoms with van der Waals surface area (Å²) in [6, 6.07) is 94.5. The van der Waals surface area contributed by atoms with Crippen molar-refractivity contribution >= 4 is 96.0 Å². The second-order valence-electron chi connectivity index (χ2n) is 35.2. The van der Waals surface area contributed by atoms with Crippen LogP contribution in [0.1, 0.15) is 196 Å². The molecule has 0 bridgehead atoms. The van der Waals surface area contributed by atoms with Gasteiger partial charge in [-0.05, 0) is 372 Å². The molecule has 0 unspecified atom stereocenters. The molecule has 0 saturated heterocycles. The number of ether oxygens (including phenoxy) is 3. The molecule has 143 heavy (non-hydrogen) atoms. The second kappa shape index (κ2) is 58.1. The van der Waals surface area contributed by atoms with E-state index in [4.69, 9.17) is 30.8 Å². The molecule has 8 N–H and O–H groups in total. The number of allylic oxidation sites excluding steroid dienone is 5. The fourth-order valence-electron chi connectivity index (χ4n) is 17.6. The molecule has 1 aliphatic rings. The Balaban J connectivity index is 0.000000171. The number of nitrogens with one attached hydrogen (secondary N) is 3. The van der Waals surface area contributed by atoms with E-state index in [-0.39, 0.29) is 34.3 Å². The summed E-state index contributed by atoms with van der Waals surface area (Å²) in [6.45, 7) is 20.1. The Hall–Kier alpha value is -13.6. The van der Waals surface area contributed by atoms with Gasteiger partial charge in [-0.15, -0.1) is 11.3 Å². The van der Waals surface area contributed by atoms with Crippen molar-refractivity contribution in [2.75, 3.05) is 99.7 Å². The van der Waals surface area contributed by atoms with Crippen molar-refractivity contribution in [1.29, 1.82) is 0 Å². The van der Waals surface area contributed by atoms with Gasteiger partial charge in [0.1, 0.15) is 70.8 Å². The number of hydrogen-bond donors (Lipinski definition) is 8. The van der Waals surface area contributed by atoms with E-state index in [2.05, 4.69) is 181 Å². The van der Waals surface area contributed by atoms with Crippen LogP contribution in [-0.4, -0.2) is 141 Å². The molecule has 1 saturated carbocycles. The zero-order valence-corrected chi connectivity index (χ0v) is 87.2. The number of aryl methyl sites for hydroxylation is 1. The molecule has 14 aromatic rings. The lowest BCUT2D eigenvalue weighted by Gasteiger charge is -2.27. The number of unbranched alkanes of at least 4 members (excludes halogenated alkanes) is 1. The minimum absolute atomic E-state index is 0.00560. The number of likely N-dealkylation sites (N-methyl/N-ethyl adjacent to an activating group) is 4. The van der Waals surface area contributed by atoms with E-state index < -0.39 is 0 Å². The van der Waals surface area contributed by atoms with Gasteiger partial charge < -0.3 is 70.1 Å². The number of pyridine rings is 2. The van der Waals surface area contributed by atoms with Crippen molar-refractivity contribution in [3.63, 3.8) is 0 Å². The van der Waals surface area contributed by atoms with E-state index >= 15 is 0 Å². The van der Waals surface area contributed by atoms with Crippen molar-refractivity contribution in [2.24, 2.45) is 5.92 Å². The number of rotatable bonds is 40. The number of carbonyl (C=O) groups is 1. The van der Waals surface area contributed by atoms with E-state index in [9.17, 15) is 35.1 Å². The molecule has 17 nitrogen and oxygen atoms in total. The molecule has 15 rings (SSSR count). The number of ketones is 1. The normalized spacial score (nSPS) is 12.8. The fraction of sp³-hybridized carbons (Fsp3) is 0.276. The van der Waals surface area contributed by atoms with Gasteiger partial charge in [0, 0.05) is 76.6 Å². The third-order valence-corrected chi connectivity index (χ3v) is 26.8. The number of anilines is 1. The number of hydrogen-bond acceptors (Lipinski definition) is 18. The zero-order valence-electron chi connectivity index (χ0n) is 84.8. The van der Waals surface area contributed by atoms with Gasteiger partial charge >= 0.3 is 0 Å². The van der Waals surface area contributed by atoms with E-state index in [0.717, 1.165) is 214 Å². The first-order valence-corrected chi connectivity index (χ1v) is 52.0. The first kappa shape index (κ1) is 110. The third-order valence-electron chi connectivity index (χ3n) is 25.0. The SMILES string of the molecule is CC/C(=C(/c1ccc(O)cc1)c1ccc(N(C)CCNC)nc1)c1ccccc1.CC/C(=C(\c1ccc(O)cc1)c1ccc(OCCNC)cc1)C1CCC(=O)CC1.CCC(=C(c1ccc(O)cc1)c1ccc(OCCNC)cc1)c1ccsc1.CCC(=C(c1ccc(O)cc1)c1ccn(CCCN(C)C)c(=O)c1)c1ccccc1.CCCCOc1ccc(/C(=C(\CC)c2csc(Cl)c2)c2ccc(O)cc2)cc1. The first-order valence-electron chi connectivity index (χ1n) is 49.8. The highest BCUT2D eigenvalue weighted by molar-refractivity contribution is 7.14. The summed E-state index contributed by atoms with van der Waals surface area (Å²) in [5.41, 5.74) is 27.5. The maximum Gasteiger partial charge on any atom is 0.251 e. The van der Waals surface area contributed by atoms with Gasteiger partial charge in [0.15, 0.2) is 0 Å². The minimum atomic E-state index is 0.00560. The van der Waals surface area contributed by atoms with Crippen molar-refractivity contribution < 1.29 is 44.5 Å². The molecule has 0 aliphatic heterocycles. The average molecular weight is 1980 g/mol. The molecule has 0 spiro atoms. The first-order chi connectivity index (χ1) is 69.6. The number of phenols is 5. The molecule has 746 valence electrons. The standard InChI is InChI=1S/C26H30N2O2.C25H29N3O.C25H31NO3.C24H25ClO2S.C23H25NO2S/c1-4-24(20-9-6-5-7-10-20)26(21-11-13-23(29)14-12-21)22-15-18-28(25(30)19-22)17-8-16-27(2)3;1-4-23(19-8-6-5-7-9-19)25(20-10-13-22(29)14-11-20)21-12-15-24(27-18-21)28(3)17-16-26-2;1-3-24(18-4-10-21(27)11-5-18)25(19-6-12-22(28)13-7-19)20-8-14-23(15-9-20)29-17-16-26-2;1-3-5-14-27-21-12-8-18(9-13-21)24(17-6-10-20(26)11-7-17)22(4-2)19-15-23(25)28-16-19;1-3-22(19-12-15-27-16-19)23(17-4-8-20(25)9-5-17)18-6-10-21(11-7-18)26-14-13-24-2/h5-7,9-15,18-19,29H,4,8,16-17H2,1-3H3;5-15,18,26,29H,4,16-17H2,1-3H3;6-9,12-15,18,26,28H,3-5,10-11,16-17H2,1-2H3;6-13,15-16,26H,3-5,14H2,1-2H3;4-12,15-16,24-25H,3,13-14H2,1-2H3/b;25-23+;25-24-;24-22+;. The largest absolute Gasteiger partial charge is 0.508 e. The Morgan fingerprint density at radius 2 is 0.783 bits per heavy atom.